The summed E-state index contributed by atoms with van der Waals surface area (Å²) in [4.78, 5) is 17.2. The number of nitrogens with one attached hydrogen (secondary N) is 1. The van der Waals surface area contributed by atoms with Crippen LogP contribution in [0.15, 0.2) is 18.5 Å². The van der Waals surface area contributed by atoms with E-state index in [1.807, 2.05) is 30.4 Å². The summed E-state index contributed by atoms with van der Waals surface area (Å²) in [5.41, 5.74) is 1.14. The lowest BCUT2D eigenvalue weighted by molar-refractivity contribution is -0.136. The monoisotopic (exact) mass is 264 g/mol. The number of aliphatic hydroxyl groups excluding tert-OH is 1. The highest BCUT2D eigenvalue weighted by atomic mass is 16.3. The van der Waals surface area contributed by atoms with Gasteiger partial charge in [0, 0.05) is 38.5 Å². The second-order valence-corrected chi connectivity index (χ2v) is 5.64. The Morgan fingerprint density at radius 1 is 1.42 bits per heavy atom. The van der Waals surface area contributed by atoms with Crippen LogP contribution < -0.4 is 0 Å². The Bertz CT molecular complexity index is 381. The molecule has 1 amide bonds. The van der Waals surface area contributed by atoms with Crippen LogP contribution in [0.1, 0.15) is 37.7 Å². The molecule has 4 nitrogen and oxygen atoms in total. The first kappa shape index (κ1) is 14.1. The largest absolute Gasteiger partial charge is 0.396 e. The zero-order valence-corrected chi connectivity index (χ0v) is 11.6. The van der Waals surface area contributed by atoms with E-state index in [1.165, 1.54) is 0 Å². The molecule has 1 aliphatic carbocycles. The number of H-pyrrole nitrogens is 1. The fourth-order valence-electron chi connectivity index (χ4n) is 3.00. The van der Waals surface area contributed by atoms with Gasteiger partial charge in [-0.2, -0.15) is 0 Å². The molecule has 1 aliphatic rings. The summed E-state index contributed by atoms with van der Waals surface area (Å²) in [5.74, 6) is 1.06. The first-order chi connectivity index (χ1) is 9.20. The molecule has 0 aliphatic heterocycles. The second kappa shape index (κ2) is 6.75. The van der Waals surface area contributed by atoms with Crippen molar-refractivity contribution in [3.05, 3.63) is 24.0 Å². The summed E-state index contributed by atoms with van der Waals surface area (Å²) in [5, 5.41) is 8.95. The predicted molar refractivity (Wildman–Crippen MR) is 74.4 cm³/mol. The van der Waals surface area contributed by atoms with E-state index >= 15 is 0 Å². The van der Waals surface area contributed by atoms with Gasteiger partial charge >= 0.3 is 0 Å². The molecule has 1 aromatic rings. The smallest absolute Gasteiger partial charge is 0.225 e. The quantitative estimate of drug-likeness (QED) is 0.856. The Labute approximate surface area is 114 Å². The third-order valence-electron chi connectivity index (χ3n) is 4.19. The van der Waals surface area contributed by atoms with Gasteiger partial charge < -0.3 is 15.0 Å². The molecule has 1 heterocycles. The zero-order valence-electron chi connectivity index (χ0n) is 11.6. The van der Waals surface area contributed by atoms with Gasteiger partial charge in [-0.3, -0.25) is 4.79 Å². The summed E-state index contributed by atoms with van der Waals surface area (Å²) in [7, 11) is 1.88. The standard InChI is InChI=1S/C15H24N2O2/c1-17(11-13-6-8-16-10-13)15(19)14-4-2-12(3-5-14)7-9-18/h6,8,10,12,14,16,18H,2-5,7,9,11H2,1H3. The maximum absolute atomic E-state index is 12.4. The molecular weight excluding hydrogens is 240 g/mol. The van der Waals surface area contributed by atoms with E-state index in [-0.39, 0.29) is 18.4 Å². The van der Waals surface area contributed by atoms with Crippen LogP contribution in [0.3, 0.4) is 0 Å². The van der Waals surface area contributed by atoms with E-state index in [1.54, 1.807) is 0 Å². The summed E-state index contributed by atoms with van der Waals surface area (Å²) >= 11 is 0. The summed E-state index contributed by atoms with van der Waals surface area (Å²) in [6.45, 7) is 0.954. The van der Waals surface area contributed by atoms with E-state index in [2.05, 4.69) is 4.98 Å². The SMILES string of the molecule is CN(Cc1cc[nH]c1)C(=O)C1CCC(CCO)CC1. The Kier molecular flexibility index (Phi) is 5.02. The molecule has 0 saturated heterocycles. The highest BCUT2D eigenvalue weighted by Gasteiger charge is 2.27. The van der Waals surface area contributed by atoms with Gasteiger partial charge in [0.05, 0.1) is 0 Å². The molecule has 2 N–H and O–H groups in total. The van der Waals surface area contributed by atoms with Crippen molar-refractivity contribution in [2.24, 2.45) is 11.8 Å². The highest BCUT2D eigenvalue weighted by molar-refractivity contribution is 5.78. The third kappa shape index (κ3) is 3.83. The lowest BCUT2D eigenvalue weighted by Crippen LogP contribution is -2.34. The number of hydrogen-bond acceptors (Lipinski definition) is 2. The molecule has 1 aromatic heterocycles. The van der Waals surface area contributed by atoms with Crippen molar-refractivity contribution < 1.29 is 9.90 Å². The number of aromatic nitrogens is 1. The number of carbonyl (C=O) groups excluding carboxylic acids is 1. The van der Waals surface area contributed by atoms with Gasteiger partial charge in [0.15, 0.2) is 0 Å². The highest BCUT2D eigenvalue weighted by Crippen LogP contribution is 2.31. The summed E-state index contributed by atoms with van der Waals surface area (Å²) < 4.78 is 0. The Balaban J connectivity index is 1.80. The molecule has 2 rings (SSSR count). The van der Waals surface area contributed by atoms with E-state index in [0.717, 1.165) is 37.7 Å². The first-order valence-corrected chi connectivity index (χ1v) is 7.18. The first-order valence-electron chi connectivity index (χ1n) is 7.18. The molecule has 0 bridgehead atoms. The van der Waals surface area contributed by atoms with Crippen LogP contribution in [0.5, 0.6) is 0 Å². The van der Waals surface area contributed by atoms with Crippen LogP contribution in [0, 0.1) is 11.8 Å². The van der Waals surface area contributed by atoms with Crippen molar-refractivity contribution >= 4 is 5.91 Å². The van der Waals surface area contributed by atoms with Gasteiger partial charge in [0.1, 0.15) is 0 Å². The number of hydrogen-bond donors (Lipinski definition) is 2. The minimum Gasteiger partial charge on any atom is -0.396 e. The van der Waals surface area contributed by atoms with Crippen LogP contribution in [0.2, 0.25) is 0 Å². The van der Waals surface area contributed by atoms with Gasteiger partial charge in [0.25, 0.3) is 0 Å². The number of amides is 1. The minimum atomic E-state index is 0.180. The van der Waals surface area contributed by atoms with E-state index < -0.39 is 0 Å². The molecular formula is C15H24N2O2. The molecule has 1 saturated carbocycles. The molecule has 106 valence electrons. The normalized spacial score (nSPS) is 23.3. The van der Waals surface area contributed by atoms with Crippen molar-refractivity contribution in [3.8, 4) is 0 Å². The van der Waals surface area contributed by atoms with Crippen molar-refractivity contribution in [2.45, 2.75) is 38.6 Å². The third-order valence-corrected chi connectivity index (χ3v) is 4.19. The van der Waals surface area contributed by atoms with Crippen LogP contribution in [-0.4, -0.2) is 34.6 Å². The number of rotatable bonds is 5. The summed E-state index contributed by atoms with van der Waals surface area (Å²) in [6.07, 6.45) is 8.81. The van der Waals surface area contributed by atoms with Crippen molar-refractivity contribution in [2.75, 3.05) is 13.7 Å². The van der Waals surface area contributed by atoms with Crippen molar-refractivity contribution in [3.63, 3.8) is 0 Å². The average Bonchev–Trinajstić information content (AvgIpc) is 2.92. The Morgan fingerprint density at radius 2 is 2.16 bits per heavy atom. The molecule has 0 atom stereocenters. The molecule has 4 heteroatoms. The summed E-state index contributed by atoms with van der Waals surface area (Å²) in [6, 6.07) is 2.00. The molecule has 0 unspecified atom stereocenters. The fraction of sp³-hybridized carbons (Fsp3) is 0.667. The van der Waals surface area contributed by atoms with Gasteiger partial charge in [0.2, 0.25) is 5.91 Å². The molecule has 0 spiro atoms. The predicted octanol–water partition coefficient (Wildman–Crippen LogP) is 2.16. The molecule has 0 radical (unpaired) electrons. The van der Waals surface area contributed by atoms with Gasteiger partial charge in [-0.25, -0.2) is 0 Å². The fourth-order valence-corrected chi connectivity index (χ4v) is 3.00. The lowest BCUT2D eigenvalue weighted by Gasteiger charge is -2.30. The van der Waals surface area contributed by atoms with Crippen LogP contribution >= 0.6 is 0 Å². The van der Waals surface area contributed by atoms with Gasteiger partial charge in [-0.05, 0) is 49.7 Å². The Morgan fingerprint density at radius 3 is 2.74 bits per heavy atom. The number of carbonyl (C=O) groups is 1. The topological polar surface area (TPSA) is 56.3 Å². The number of nitrogens with zero attached hydrogens (tertiary/aromatic N) is 1. The maximum atomic E-state index is 12.4. The zero-order chi connectivity index (χ0) is 13.7. The average molecular weight is 264 g/mol. The minimum absolute atomic E-state index is 0.180. The number of aromatic amines is 1. The van der Waals surface area contributed by atoms with E-state index in [0.29, 0.717) is 12.5 Å². The van der Waals surface area contributed by atoms with Crippen LogP contribution in [0.25, 0.3) is 0 Å². The van der Waals surface area contributed by atoms with Crippen molar-refractivity contribution in [1.29, 1.82) is 0 Å². The van der Waals surface area contributed by atoms with E-state index in [9.17, 15) is 4.79 Å². The second-order valence-electron chi connectivity index (χ2n) is 5.64. The van der Waals surface area contributed by atoms with Crippen molar-refractivity contribution in [1.82, 2.24) is 9.88 Å². The van der Waals surface area contributed by atoms with E-state index in [4.69, 9.17) is 5.11 Å². The molecule has 0 aromatic carbocycles. The van der Waals surface area contributed by atoms with Gasteiger partial charge in [-0.1, -0.05) is 0 Å². The molecule has 19 heavy (non-hydrogen) atoms. The number of aliphatic hydroxyl groups is 1. The van der Waals surface area contributed by atoms with Gasteiger partial charge in [-0.15, -0.1) is 0 Å². The maximum Gasteiger partial charge on any atom is 0.225 e. The molecule has 1 fully saturated rings. The Hall–Kier alpha value is -1.29. The van der Waals surface area contributed by atoms with Crippen LogP contribution in [0.4, 0.5) is 0 Å². The van der Waals surface area contributed by atoms with Crippen LogP contribution in [-0.2, 0) is 11.3 Å². The lowest BCUT2D eigenvalue weighted by atomic mass is 9.80.